The molecule has 1 heterocycles. The molecule has 1 N–H and O–H groups in total. The van der Waals surface area contributed by atoms with Gasteiger partial charge in [-0.1, -0.05) is 41.4 Å². The number of aliphatic carboxylic acids is 1. The van der Waals surface area contributed by atoms with Crippen LogP contribution in [-0.2, 0) is 4.79 Å². The Hall–Kier alpha value is -3.31. The number of fused-ring (bicyclic) bond motifs is 1. The lowest BCUT2D eigenvalue weighted by Gasteiger charge is -2.14. The van der Waals surface area contributed by atoms with Crippen LogP contribution in [-0.4, -0.2) is 38.5 Å². The normalized spacial score (nSPS) is 12.2. The molecule has 0 bridgehead atoms. The first-order valence-corrected chi connectivity index (χ1v) is 10.9. The summed E-state index contributed by atoms with van der Waals surface area (Å²) in [5.41, 5.74) is -0.176. The van der Waals surface area contributed by atoms with Crippen molar-refractivity contribution in [3.8, 4) is 5.75 Å². The average Bonchev–Trinajstić information content (AvgIpc) is 2.76. The van der Waals surface area contributed by atoms with Crippen LogP contribution < -0.4 is 10.3 Å². The van der Waals surface area contributed by atoms with E-state index in [-0.39, 0.29) is 22.3 Å². The number of halogens is 2. The molecule has 0 aliphatic carbocycles. The maximum Gasteiger partial charge on any atom is 0.341 e. The molecule has 1 aromatic heterocycles. The molecule has 0 unspecified atom stereocenters. The Bertz CT molecular complexity index is 1340. The number of carbonyl (C=O) groups is 1. The second kappa shape index (κ2) is 10.1. The lowest BCUT2D eigenvalue weighted by Crippen LogP contribution is -2.23. The Labute approximate surface area is 200 Å². The van der Waals surface area contributed by atoms with E-state index in [1.165, 1.54) is 12.3 Å². The van der Waals surface area contributed by atoms with E-state index >= 15 is 0 Å². The fourth-order valence-corrected chi connectivity index (χ4v) is 3.63. The first-order chi connectivity index (χ1) is 15.6. The Morgan fingerprint density at radius 2 is 2.15 bits per heavy atom. The standard InChI is InChI=1S/C21H18BrClN4O6/c1-3-11(2)20-25-16-5-4-13(22)8-14(16)21(30)26(20)24-9-12-6-15(23)19(33-10-18(28)29)17(7-12)27(31)32/h4-9,11H,3,10H2,1-2H3,(H,28,29)/t11-/m1/s1. The quantitative estimate of drug-likeness (QED) is 0.252. The highest BCUT2D eigenvalue weighted by Crippen LogP contribution is 2.36. The number of hydrogen-bond acceptors (Lipinski definition) is 7. The monoisotopic (exact) mass is 536 g/mol. The van der Waals surface area contributed by atoms with Gasteiger partial charge in [-0.15, -0.1) is 0 Å². The number of nitrogens with zero attached hydrogens (tertiary/aromatic N) is 4. The molecule has 0 saturated heterocycles. The third-order valence-corrected chi connectivity index (χ3v) is 5.57. The molecule has 33 heavy (non-hydrogen) atoms. The van der Waals surface area contributed by atoms with Gasteiger partial charge in [0.1, 0.15) is 5.82 Å². The van der Waals surface area contributed by atoms with Gasteiger partial charge in [-0.3, -0.25) is 14.9 Å². The first kappa shape index (κ1) is 24.3. The van der Waals surface area contributed by atoms with Crippen LogP contribution in [0.5, 0.6) is 5.75 Å². The van der Waals surface area contributed by atoms with Crippen LogP contribution in [0.1, 0.15) is 37.6 Å². The predicted octanol–water partition coefficient (Wildman–Crippen LogP) is 4.58. The smallest absolute Gasteiger partial charge is 0.341 e. The van der Waals surface area contributed by atoms with Gasteiger partial charge in [0, 0.05) is 22.0 Å². The minimum atomic E-state index is -1.31. The summed E-state index contributed by atoms with van der Waals surface area (Å²) >= 11 is 9.45. The number of aromatic nitrogens is 2. The van der Waals surface area contributed by atoms with Crippen LogP contribution in [0, 0.1) is 10.1 Å². The summed E-state index contributed by atoms with van der Waals surface area (Å²) in [6.07, 6.45) is 1.95. The van der Waals surface area contributed by atoms with Crippen molar-refractivity contribution in [3.63, 3.8) is 0 Å². The number of benzene rings is 2. The second-order valence-electron chi connectivity index (χ2n) is 7.09. The van der Waals surface area contributed by atoms with Crippen molar-refractivity contribution in [2.45, 2.75) is 26.2 Å². The number of ether oxygens (including phenoxy) is 1. The Kier molecular flexibility index (Phi) is 7.44. The summed E-state index contributed by atoms with van der Waals surface area (Å²) in [6, 6.07) is 7.63. The van der Waals surface area contributed by atoms with Gasteiger partial charge < -0.3 is 9.84 Å². The topological polar surface area (TPSA) is 137 Å². The molecule has 0 amide bonds. The maximum absolute atomic E-state index is 13.2. The Morgan fingerprint density at radius 1 is 1.42 bits per heavy atom. The Balaban J connectivity index is 2.13. The van der Waals surface area contributed by atoms with Crippen molar-refractivity contribution in [2.75, 3.05) is 6.61 Å². The zero-order valence-corrected chi connectivity index (χ0v) is 19.8. The number of carboxylic acids is 1. The van der Waals surface area contributed by atoms with Crippen LogP contribution in [0.15, 0.2) is 44.7 Å². The molecule has 12 heteroatoms. The van der Waals surface area contributed by atoms with Gasteiger partial charge in [-0.2, -0.15) is 9.78 Å². The van der Waals surface area contributed by atoms with Gasteiger partial charge in [0.05, 0.1) is 27.1 Å². The third kappa shape index (κ3) is 5.37. The van der Waals surface area contributed by atoms with E-state index in [4.69, 9.17) is 21.4 Å². The summed E-state index contributed by atoms with van der Waals surface area (Å²) in [5, 5.41) is 24.7. The predicted molar refractivity (Wildman–Crippen MR) is 127 cm³/mol. The van der Waals surface area contributed by atoms with Gasteiger partial charge in [-0.25, -0.2) is 9.78 Å². The molecule has 0 fully saturated rings. The molecule has 1 atom stereocenters. The first-order valence-electron chi connectivity index (χ1n) is 9.71. The van der Waals surface area contributed by atoms with Crippen molar-refractivity contribution >= 4 is 56.3 Å². The summed E-state index contributed by atoms with van der Waals surface area (Å²) in [5.74, 6) is -1.32. The minimum absolute atomic E-state index is 0.0902. The fourth-order valence-electron chi connectivity index (χ4n) is 2.99. The van der Waals surface area contributed by atoms with Crippen LogP contribution in [0.25, 0.3) is 10.9 Å². The molecule has 0 aliphatic heterocycles. The summed E-state index contributed by atoms with van der Waals surface area (Å²) in [6.45, 7) is 3.07. The molecule has 10 nitrogen and oxygen atoms in total. The van der Waals surface area contributed by atoms with E-state index in [9.17, 15) is 19.7 Å². The number of nitro groups is 1. The molecule has 172 valence electrons. The third-order valence-electron chi connectivity index (χ3n) is 4.79. The van der Waals surface area contributed by atoms with E-state index in [1.54, 1.807) is 18.2 Å². The fraction of sp³-hybridized carbons (Fsp3) is 0.238. The summed E-state index contributed by atoms with van der Waals surface area (Å²) < 4.78 is 6.84. The van der Waals surface area contributed by atoms with Crippen molar-refractivity contribution in [1.82, 2.24) is 9.66 Å². The molecule has 0 aliphatic rings. The highest BCUT2D eigenvalue weighted by molar-refractivity contribution is 9.10. The van der Waals surface area contributed by atoms with E-state index in [0.717, 1.165) is 10.7 Å². The van der Waals surface area contributed by atoms with E-state index in [0.29, 0.717) is 27.6 Å². The number of nitro benzene ring substituents is 1. The van der Waals surface area contributed by atoms with E-state index in [2.05, 4.69) is 26.0 Å². The average molecular weight is 538 g/mol. The van der Waals surface area contributed by atoms with Gasteiger partial charge in [-0.05, 0) is 30.7 Å². The highest BCUT2D eigenvalue weighted by Gasteiger charge is 2.22. The zero-order chi connectivity index (χ0) is 24.3. The lowest BCUT2D eigenvalue weighted by atomic mass is 10.1. The van der Waals surface area contributed by atoms with E-state index in [1.807, 2.05) is 13.8 Å². The van der Waals surface area contributed by atoms with Crippen LogP contribution in [0.3, 0.4) is 0 Å². The molecule has 3 rings (SSSR count). The van der Waals surface area contributed by atoms with Gasteiger partial charge in [0.25, 0.3) is 5.56 Å². The summed E-state index contributed by atoms with van der Waals surface area (Å²) in [7, 11) is 0. The Morgan fingerprint density at radius 3 is 2.79 bits per heavy atom. The van der Waals surface area contributed by atoms with Crippen molar-refractivity contribution in [3.05, 3.63) is 71.7 Å². The van der Waals surface area contributed by atoms with Crippen molar-refractivity contribution in [2.24, 2.45) is 5.10 Å². The summed E-state index contributed by atoms with van der Waals surface area (Å²) in [4.78, 5) is 39.2. The molecule has 2 aromatic carbocycles. The molecule has 0 spiro atoms. The number of carboxylic acid groups (broad SMARTS) is 1. The molecular formula is C21H18BrClN4O6. The minimum Gasteiger partial charge on any atom is -0.479 e. The lowest BCUT2D eigenvalue weighted by molar-refractivity contribution is -0.385. The highest BCUT2D eigenvalue weighted by atomic mass is 79.9. The van der Waals surface area contributed by atoms with Gasteiger partial charge in [0.2, 0.25) is 5.75 Å². The van der Waals surface area contributed by atoms with Crippen LogP contribution in [0.4, 0.5) is 5.69 Å². The molecule has 0 saturated carbocycles. The second-order valence-corrected chi connectivity index (χ2v) is 8.42. The number of rotatable bonds is 8. The largest absolute Gasteiger partial charge is 0.479 e. The van der Waals surface area contributed by atoms with Crippen molar-refractivity contribution in [1.29, 1.82) is 0 Å². The molecular weight excluding hydrogens is 520 g/mol. The molecule has 0 radical (unpaired) electrons. The zero-order valence-electron chi connectivity index (χ0n) is 17.5. The maximum atomic E-state index is 13.2. The van der Waals surface area contributed by atoms with Crippen LogP contribution in [0.2, 0.25) is 5.02 Å². The molecule has 3 aromatic rings. The number of hydrogen-bond donors (Lipinski definition) is 1. The SMILES string of the molecule is CC[C@@H](C)c1nc2ccc(Br)cc2c(=O)n1N=Cc1cc(Cl)c(OCC(=O)O)c([N+](=O)[O-])c1. The van der Waals surface area contributed by atoms with Crippen molar-refractivity contribution < 1.29 is 19.6 Å². The van der Waals surface area contributed by atoms with Crippen LogP contribution >= 0.6 is 27.5 Å². The van der Waals surface area contributed by atoms with E-state index < -0.39 is 28.7 Å². The van der Waals surface area contributed by atoms with Gasteiger partial charge in [0.15, 0.2) is 6.61 Å². The van der Waals surface area contributed by atoms with Gasteiger partial charge >= 0.3 is 11.7 Å².